The van der Waals surface area contributed by atoms with Gasteiger partial charge in [0.1, 0.15) is 5.76 Å². The summed E-state index contributed by atoms with van der Waals surface area (Å²) in [5.41, 5.74) is 0. The van der Waals surface area contributed by atoms with Crippen LogP contribution < -0.4 is 10.6 Å². The first-order valence-electron chi connectivity index (χ1n) is 5.29. The molecule has 15 heavy (non-hydrogen) atoms. The van der Waals surface area contributed by atoms with E-state index in [2.05, 4.69) is 10.6 Å². The molecule has 2 unspecified atom stereocenters. The molecule has 82 valence electrons. The van der Waals surface area contributed by atoms with Gasteiger partial charge in [-0.1, -0.05) is 0 Å². The molecule has 1 aromatic heterocycles. The quantitative estimate of drug-likeness (QED) is 0.758. The van der Waals surface area contributed by atoms with Crippen molar-refractivity contribution >= 4 is 5.91 Å². The van der Waals surface area contributed by atoms with E-state index in [9.17, 15) is 4.79 Å². The number of hydrogen-bond donors (Lipinski definition) is 2. The average Bonchev–Trinajstić information content (AvgIpc) is 2.82. The summed E-state index contributed by atoms with van der Waals surface area (Å²) in [6.45, 7) is 0.865. The Morgan fingerprint density at radius 1 is 1.67 bits per heavy atom. The fraction of sp³-hybridized carbons (Fsp3) is 0.545. The van der Waals surface area contributed by atoms with E-state index >= 15 is 0 Å². The molecule has 1 aliphatic heterocycles. The summed E-state index contributed by atoms with van der Waals surface area (Å²) >= 11 is 0. The second-order valence-corrected chi connectivity index (χ2v) is 3.86. The van der Waals surface area contributed by atoms with Crippen molar-refractivity contribution in [2.24, 2.45) is 0 Å². The predicted octanol–water partition coefficient (Wildman–Crippen LogP) is 0.861. The molecule has 0 bridgehead atoms. The fourth-order valence-corrected chi connectivity index (χ4v) is 2.07. The van der Waals surface area contributed by atoms with E-state index in [0.717, 1.165) is 25.1 Å². The standard InChI is InChI=1S/C11H16N2O2/c1-12-11(14)9-7-8(4-5-13-9)10-3-2-6-15-10/h2-3,6,8-9,13H,4-5,7H2,1H3,(H,12,14). The third-order valence-electron chi connectivity index (χ3n) is 2.91. The molecule has 2 atom stereocenters. The highest BCUT2D eigenvalue weighted by atomic mass is 16.3. The van der Waals surface area contributed by atoms with Gasteiger partial charge in [-0.05, 0) is 31.5 Å². The minimum absolute atomic E-state index is 0.0613. The number of piperidine rings is 1. The van der Waals surface area contributed by atoms with Crippen LogP contribution in [-0.4, -0.2) is 25.5 Å². The molecule has 1 aliphatic rings. The Kier molecular flexibility index (Phi) is 3.06. The van der Waals surface area contributed by atoms with Gasteiger partial charge in [0.25, 0.3) is 0 Å². The van der Waals surface area contributed by atoms with E-state index in [-0.39, 0.29) is 11.9 Å². The molecular weight excluding hydrogens is 192 g/mol. The molecule has 2 heterocycles. The van der Waals surface area contributed by atoms with Crippen LogP contribution in [0.5, 0.6) is 0 Å². The van der Waals surface area contributed by atoms with E-state index in [1.54, 1.807) is 13.3 Å². The monoisotopic (exact) mass is 208 g/mol. The molecular formula is C11H16N2O2. The van der Waals surface area contributed by atoms with Crippen molar-refractivity contribution in [3.05, 3.63) is 24.2 Å². The van der Waals surface area contributed by atoms with Crippen LogP contribution in [0, 0.1) is 0 Å². The summed E-state index contributed by atoms with van der Waals surface area (Å²) in [6.07, 6.45) is 3.53. The molecule has 4 nitrogen and oxygen atoms in total. The topological polar surface area (TPSA) is 54.3 Å². The Labute approximate surface area is 89.0 Å². The van der Waals surface area contributed by atoms with Crippen molar-refractivity contribution in [1.29, 1.82) is 0 Å². The van der Waals surface area contributed by atoms with E-state index in [1.165, 1.54) is 0 Å². The normalized spacial score (nSPS) is 26.2. The molecule has 1 aromatic rings. The first kappa shape index (κ1) is 10.2. The fourth-order valence-electron chi connectivity index (χ4n) is 2.07. The number of likely N-dealkylation sites (N-methyl/N-ethyl adjacent to an activating group) is 1. The van der Waals surface area contributed by atoms with Crippen LogP contribution in [0.25, 0.3) is 0 Å². The maximum absolute atomic E-state index is 11.5. The summed E-state index contributed by atoms with van der Waals surface area (Å²) in [4.78, 5) is 11.5. The largest absolute Gasteiger partial charge is 0.469 e. The molecule has 0 aliphatic carbocycles. The lowest BCUT2D eigenvalue weighted by Crippen LogP contribution is -2.47. The average molecular weight is 208 g/mol. The van der Waals surface area contributed by atoms with Gasteiger partial charge in [0.15, 0.2) is 0 Å². The van der Waals surface area contributed by atoms with Gasteiger partial charge in [-0.25, -0.2) is 0 Å². The Bertz CT molecular complexity index is 321. The summed E-state index contributed by atoms with van der Waals surface area (Å²) < 4.78 is 5.38. The highest BCUT2D eigenvalue weighted by Gasteiger charge is 2.28. The van der Waals surface area contributed by atoms with Gasteiger partial charge in [-0.3, -0.25) is 4.79 Å². The van der Waals surface area contributed by atoms with Crippen LogP contribution in [0.3, 0.4) is 0 Å². The van der Waals surface area contributed by atoms with Crippen LogP contribution in [0.4, 0.5) is 0 Å². The highest BCUT2D eigenvalue weighted by molar-refractivity contribution is 5.81. The summed E-state index contributed by atoms with van der Waals surface area (Å²) in [7, 11) is 1.67. The van der Waals surface area contributed by atoms with E-state index in [4.69, 9.17) is 4.42 Å². The smallest absolute Gasteiger partial charge is 0.236 e. The van der Waals surface area contributed by atoms with Crippen molar-refractivity contribution in [2.75, 3.05) is 13.6 Å². The zero-order valence-corrected chi connectivity index (χ0v) is 8.82. The third-order valence-corrected chi connectivity index (χ3v) is 2.91. The zero-order valence-electron chi connectivity index (χ0n) is 8.82. The Balaban J connectivity index is 2.01. The minimum atomic E-state index is -0.0844. The molecule has 1 saturated heterocycles. The lowest BCUT2D eigenvalue weighted by Gasteiger charge is -2.27. The second kappa shape index (κ2) is 4.49. The van der Waals surface area contributed by atoms with E-state index in [0.29, 0.717) is 5.92 Å². The zero-order chi connectivity index (χ0) is 10.7. The van der Waals surface area contributed by atoms with Crippen LogP contribution in [0.1, 0.15) is 24.5 Å². The van der Waals surface area contributed by atoms with Crippen molar-refractivity contribution in [3.63, 3.8) is 0 Å². The van der Waals surface area contributed by atoms with Gasteiger partial charge in [0.2, 0.25) is 5.91 Å². The van der Waals surface area contributed by atoms with E-state index in [1.807, 2.05) is 12.1 Å². The SMILES string of the molecule is CNC(=O)C1CC(c2ccco2)CCN1. The molecule has 2 N–H and O–H groups in total. The van der Waals surface area contributed by atoms with Crippen LogP contribution in [0.15, 0.2) is 22.8 Å². The molecule has 0 saturated carbocycles. The maximum Gasteiger partial charge on any atom is 0.236 e. The summed E-state index contributed by atoms with van der Waals surface area (Å²) in [5, 5.41) is 5.88. The van der Waals surface area contributed by atoms with Crippen molar-refractivity contribution in [2.45, 2.75) is 24.8 Å². The van der Waals surface area contributed by atoms with Crippen LogP contribution in [-0.2, 0) is 4.79 Å². The first-order valence-corrected chi connectivity index (χ1v) is 5.29. The number of furan rings is 1. The van der Waals surface area contributed by atoms with E-state index < -0.39 is 0 Å². The van der Waals surface area contributed by atoms with Gasteiger partial charge in [-0.15, -0.1) is 0 Å². The van der Waals surface area contributed by atoms with Gasteiger partial charge >= 0.3 is 0 Å². The number of carbonyl (C=O) groups is 1. The lowest BCUT2D eigenvalue weighted by molar-refractivity contribution is -0.123. The Morgan fingerprint density at radius 2 is 2.53 bits per heavy atom. The maximum atomic E-state index is 11.5. The predicted molar refractivity (Wildman–Crippen MR) is 56.5 cm³/mol. The van der Waals surface area contributed by atoms with Gasteiger partial charge < -0.3 is 15.1 Å². The summed E-state index contributed by atoms with van der Waals surface area (Å²) in [6, 6.07) is 3.79. The van der Waals surface area contributed by atoms with Crippen molar-refractivity contribution in [1.82, 2.24) is 10.6 Å². The third kappa shape index (κ3) is 2.21. The summed E-state index contributed by atoms with van der Waals surface area (Å²) in [5.74, 6) is 1.42. The molecule has 0 spiro atoms. The molecule has 1 amide bonds. The lowest BCUT2D eigenvalue weighted by atomic mass is 9.90. The van der Waals surface area contributed by atoms with Gasteiger partial charge in [0.05, 0.1) is 12.3 Å². The number of hydrogen-bond acceptors (Lipinski definition) is 3. The number of carbonyl (C=O) groups excluding carboxylic acids is 1. The molecule has 0 aromatic carbocycles. The molecule has 2 rings (SSSR count). The van der Waals surface area contributed by atoms with Crippen molar-refractivity contribution < 1.29 is 9.21 Å². The van der Waals surface area contributed by atoms with Gasteiger partial charge in [-0.2, -0.15) is 0 Å². The Morgan fingerprint density at radius 3 is 3.20 bits per heavy atom. The highest BCUT2D eigenvalue weighted by Crippen LogP contribution is 2.27. The number of rotatable bonds is 2. The molecule has 4 heteroatoms. The first-order chi connectivity index (χ1) is 7.31. The van der Waals surface area contributed by atoms with Crippen molar-refractivity contribution in [3.8, 4) is 0 Å². The van der Waals surface area contributed by atoms with Crippen LogP contribution in [0.2, 0.25) is 0 Å². The number of amides is 1. The molecule has 0 radical (unpaired) electrons. The van der Waals surface area contributed by atoms with Gasteiger partial charge in [0, 0.05) is 13.0 Å². The second-order valence-electron chi connectivity index (χ2n) is 3.86. The minimum Gasteiger partial charge on any atom is -0.469 e. The van der Waals surface area contributed by atoms with Crippen LogP contribution >= 0.6 is 0 Å². The number of nitrogens with one attached hydrogen (secondary N) is 2. The molecule has 1 fully saturated rings. The Hall–Kier alpha value is -1.29.